The molecule has 2 aliphatic rings. The maximum absolute atomic E-state index is 12.5. The lowest BCUT2D eigenvalue weighted by atomic mass is 10.1. The summed E-state index contributed by atoms with van der Waals surface area (Å²) in [6.07, 6.45) is 0. The van der Waals surface area contributed by atoms with Crippen LogP contribution in [0, 0.1) is 5.92 Å². The van der Waals surface area contributed by atoms with Gasteiger partial charge < -0.3 is 14.5 Å². The number of piperazine rings is 1. The van der Waals surface area contributed by atoms with Gasteiger partial charge in [-0.1, -0.05) is 13.8 Å². The first-order valence-corrected chi connectivity index (χ1v) is 7.91. The van der Waals surface area contributed by atoms with E-state index in [1.54, 1.807) is 0 Å². The first-order chi connectivity index (χ1) is 9.58. The van der Waals surface area contributed by atoms with Gasteiger partial charge in [0.05, 0.1) is 19.3 Å². The van der Waals surface area contributed by atoms with E-state index in [0.717, 1.165) is 39.3 Å². The quantitative estimate of drug-likeness (QED) is 0.753. The van der Waals surface area contributed by atoms with Crippen molar-refractivity contribution in [2.45, 2.75) is 26.8 Å². The zero-order chi connectivity index (χ0) is 14.5. The van der Waals surface area contributed by atoms with Crippen LogP contribution in [0.2, 0.25) is 0 Å². The second-order valence-corrected chi connectivity index (χ2v) is 6.34. The zero-order valence-corrected chi connectivity index (χ0v) is 13.2. The minimum atomic E-state index is 0.00861. The van der Waals surface area contributed by atoms with Crippen molar-refractivity contribution in [3.8, 4) is 0 Å². The van der Waals surface area contributed by atoms with Crippen LogP contribution < -0.4 is 0 Å². The Hall–Kier alpha value is -0.650. The number of hydrogen-bond acceptors (Lipinski definition) is 4. The van der Waals surface area contributed by atoms with Crippen molar-refractivity contribution >= 4 is 5.91 Å². The number of amides is 1. The van der Waals surface area contributed by atoms with Gasteiger partial charge in [0.15, 0.2) is 0 Å². The average Bonchev–Trinajstić information content (AvgIpc) is 2.47. The number of carbonyl (C=O) groups excluding carboxylic acids is 1. The molecule has 5 nitrogen and oxygen atoms in total. The molecule has 20 heavy (non-hydrogen) atoms. The second-order valence-electron chi connectivity index (χ2n) is 6.34. The molecule has 1 unspecified atom stereocenters. The van der Waals surface area contributed by atoms with E-state index >= 15 is 0 Å². The molecule has 0 aromatic carbocycles. The molecule has 0 N–H and O–H groups in total. The van der Waals surface area contributed by atoms with Gasteiger partial charge in [0.1, 0.15) is 0 Å². The lowest BCUT2D eigenvalue weighted by molar-refractivity contribution is -0.141. The van der Waals surface area contributed by atoms with E-state index in [2.05, 4.69) is 30.6 Å². The lowest BCUT2D eigenvalue weighted by Gasteiger charge is -2.40. The molecule has 0 radical (unpaired) electrons. The van der Waals surface area contributed by atoms with Gasteiger partial charge in [0, 0.05) is 45.8 Å². The number of hydrogen-bond donors (Lipinski definition) is 0. The number of rotatable bonds is 4. The summed E-state index contributed by atoms with van der Waals surface area (Å²) >= 11 is 0. The Labute approximate surface area is 122 Å². The Balaban J connectivity index is 1.78. The summed E-state index contributed by atoms with van der Waals surface area (Å²) < 4.78 is 5.31. The maximum atomic E-state index is 12.5. The molecule has 0 aromatic heterocycles. The topological polar surface area (TPSA) is 36.0 Å². The first-order valence-electron chi connectivity index (χ1n) is 7.91. The fourth-order valence-electron chi connectivity index (χ4n) is 3.05. The van der Waals surface area contributed by atoms with E-state index in [9.17, 15) is 4.79 Å². The minimum Gasteiger partial charge on any atom is -0.378 e. The molecule has 2 fully saturated rings. The summed E-state index contributed by atoms with van der Waals surface area (Å²) in [5.74, 6) is 0.986. The van der Waals surface area contributed by atoms with Crippen LogP contribution in [0.15, 0.2) is 0 Å². The fourth-order valence-corrected chi connectivity index (χ4v) is 3.05. The van der Waals surface area contributed by atoms with Crippen LogP contribution in [0.3, 0.4) is 0 Å². The molecule has 2 rings (SSSR count). The monoisotopic (exact) mass is 283 g/mol. The summed E-state index contributed by atoms with van der Waals surface area (Å²) in [5, 5.41) is 0. The standard InChI is InChI=1S/C15H29N3O2/c1-13(2)12-16-4-6-17(7-5-16)14(3)15(19)18-8-10-20-11-9-18/h13-14H,4-12H2,1-3H3. The van der Waals surface area contributed by atoms with Gasteiger partial charge in [-0.2, -0.15) is 0 Å². The summed E-state index contributed by atoms with van der Waals surface area (Å²) in [6.45, 7) is 14.8. The Bertz CT molecular complexity index is 308. The van der Waals surface area contributed by atoms with E-state index < -0.39 is 0 Å². The van der Waals surface area contributed by atoms with Gasteiger partial charge >= 0.3 is 0 Å². The number of morpholine rings is 1. The van der Waals surface area contributed by atoms with Crippen molar-refractivity contribution < 1.29 is 9.53 Å². The maximum Gasteiger partial charge on any atom is 0.239 e. The third-order valence-corrected chi connectivity index (χ3v) is 4.26. The van der Waals surface area contributed by atoms with Crippen molar-refractivity contribution in [3.05, 3.63) is 0 Å². The highest BCUT2D eigenvalue weighted by Gasteiger charge is 2.29. The van der Waals surface area contributed by atoms with E-state index in [-0.39, 0.29) is 11.9 Å². The summed E-state index contributed by atoms with van der Waals surface area (Å²) in [7, 11) is 0. The van der Waals surface area contributed by atoms with E-state index in [1.807, 2.05) is 4.90 Å². The van der Waals surface area contributed by atoms with Crippen LogP contribution in [-0.2, 0) is 9.53 Å². The molecular formula is C15H29N3O2. The number of carbonyl (C=O) groups is 1. The predicted molar refractivity (Wildman–Crippen MR) is 79.7 cm³/mol. The van der Waals surface area contributed by atoms with Gasteiger partial charge in [0.2, 0.25) is 5.91 Å². The molecule has 2 aliphatic heterocycles. The number of ether oxygens (including phenoxy) is 1. The van der Waals surface area contributed by atoms with Gasteiger partial charge in [0.25, 0.3) is 0 Å². The predicted octanol–water partition coefficient (Wildman–Crippen LogP) is 0.507. The lowest BCUT2D eigenvalue weighted by Crippen LogP contribution is -2.56. The SMILES string of the molecule is CC(C)CN1CCN(C(C)C(=O)N2CCOCC2)CC1. The third-order valence-electron chi connectivity index (χ3n) is 4.26. The molecule has 0 aromatic rings. The Morgan fingerprint density at radius 3 is 2.15 bits per heavy atom. The van der Waals surface area contributed by atoms with Crippen molar-refractivity contribution in [2.75, 3.05) is 59.0 Å². The molecule has 1 atom stereocenters. The highest BCUT2D eigenvalue weighted by Crippen LogP contribution is 2.11. The Kier molecular flexibility index (Phi) is 5.81. The normalized spacial score (nSPS) is 24.1. The average molecular weight is 283 g/mol. The van der Waals surface area contributed by atoms with E-state index in [4.69, 9.17) is 4.74 Å². The van der Waals surface area contributed by atoms with E-state index in [1.165, 1.54) is 6.54 Å². The van der Waals surface area contributed by atoms with Crippen LogP contribution in [0.1, 0.15) is 20.8 Å². The van der Waals surface area contributed by atoms with E-state index in [0.29, 0.717) is 19.1 Å². The molecular weight excluding hydrogens is 254 g/mol. The fraction of sp³-hybridized carbons (Fsp3) is 0.933. The summed E-state index contributed by atoms with van der Waals surface area (Å²) in [6, 6.07) is 0.00861. The van der Waals surface area contributed by atoms with Crippen LogP contribution in [0.4, 0.5) is 0 Å². The minimum absolute atomic E-state index is 0.00861. The first kappa shape index (κ1) is 15.7. The largest absolute Gasteiger partial charge is 0.378 e. The molecule has 0 aliphatic carbocycles. The van der Waals surface area contributed by atoms with Crippen molar-refractivity contribution in [2.24, 2.45) is 5.92 Å². The molecule has 5 heteroatoms. The highest BCUT2D eigenvalue weighted by molar-refractivity contribution is 5.81. The Morgan fingerprint density at radius 1 is 1.00 bits per heavy atom. The van der Waals surface area contributed by atoms with Gasteiger partial charge in [-0.15, -0.1) is 0 Å². The highest BCUT2D eigenvalue weighted by atomic mass is 16.5. The Morgan fingerprint density at radius 2 is 1.60 bits per heavy atom. The van der Waals surface area contributed by atoms with Gasteiger partial charge in [-0.25, -0.2) is 0 Å². The van der Waals surface area contributed by atoms with Crippen LogP contribution in [0.25, 0.3) is 0 Å². The van der Waals surface area contributed by atoms with Crippen LogP contribution in [0.5, 0.6) is 0 Å². The second kappa shape index (κ2) is 7.38. The molecule has 0 spiro atoms. The van der Waals surface area contributed by atoms with Gasteiger partial charge in [-0.05, 0) is 12.8 Å². The van der Waals surface area contributed by atoms with Crippen molar-refractivity contribution in [1.29, 1.82) is 0 Å². The molecule has 0 saturated carbocycles. The summed E-state index contributed by atoms with van der Waals surface area (Å²) in [5.41, 5.74) is 0. The molecule has 2 saturated heterocycles. The van der Waals surface area contributed by atoms with Crippen molar-refractivity contribution in [1.82, 2.24) is 14.7 Å². The molecule has 0 bridgehead atoms. The van der Waals surface area contributed by atoms with Crippen LogP contribution >= 0.6 is 0 Å². The number of nitrogens with zero attached hydrogens (tertiary/aromatic N) is 3. The molecule has 2 heterocycles. The zero-order valence-electron chi connectivity index (χ0n) is 13.2. The molecule has 116 valence electrons. The van der Waals surface area contributed by atoms with Gasteiger partial charge in [-0.3, -0.25) is 9.69 Å². The van der Waals surface area contributed by atoms with Crippen molar-refractivity contribution in [3.63, 3.8) is 0 Å². The molecule has 1 amide bonds. The smallest absolute Gasteiger partial charge is 0.239 e. The third kappa shape index (κ3) is 4.17. The van der Waals surface area contributed by atoms with Crippen LogP contribution in [-0.4, -0.2) is 85.7 Å². The summed E-state index contributed by atoms with van der Waals surface area (Å²) in [4.78, 5) is 19.3.